The predicted octanol–water partition coefficient (Wildman–Crippen LogP) is 8.22. The van der Waals surface area contributed by atoms with Crippen molar-refractivity contribution in [3.63, 3.8) is 0 Å². The van der Waals surface area contributed by atoms with Crippen molar-refractivity contribution in [2.24, 2.45) is 0 Å². The molecule has 210 valence electrons. The summed E-state index contributed by atoms with van der Waals surface area (Å²) in [7, 11) is 0. The molecule has 0 radical (unpaired) electrons. The number of nitriles is 4. The largest absolute Gasteiger partial charge is 0.270 e. The number of hydrogen-bond acceptors (Lipinski definition) is 4. The highest BCUT2D eigenvalue weighted by Gasteiger charge is 2.39. The molecular weight excluding hydrogens is 596 g/mol. The lowest BCUT2D eigenvalue weighted by Gasteiger charge is -2.13. The molecule has 0 fully saturated rings. The van der Waals surface area contributed by atoms with Gasteiger partial charge in [-0.25, -0.2) is 47.5 Å². The molecule has 46 heavy (non-hydrogen) atoms. The Bertz CT molecular complexity index is 2240. The predicted molar refractivity (Wildman–Crippen MR) is 154 cm³/mol. The van der Waals surface area contributed by atoms with Crippen molar-refractivity contribution in [2.75, 3.05) is 0 Å². The number of benzene rings is 3. The first-order valence-electron chi connectivity index (χ1n) is 12.4. The molecule has 0 N–H and O–H groups in total. The summed E-state index contributed by atoms with van der Waals surface area (Å²) in [6, 6.07) is 11.9. The first kappa shape index (κ1) is 29.7. The molecular formula is C34H6F4N8. The molecule has 12 heteroatoms. The average Bonchev–Trinajstić information content (AvgIpc) is 3.52. The molecule has 0 bridgehead atoms. The number of nitrogens with zero attached hydrogens (tertiary/aromatic N) is 8. The van der Waals surface area contributed by atoms with Gasteiger partial charge in [0, 0.05) is 16.7 Å². The maximum Gasteiger partial charge on any atom is 0.270 e. The van der Waals surface area contributed by atoms with Crippen LogP contribution in [0.2, 0.25) is 0 Å². The standard InChI is InChI=1S/C34H6F4N8/c1-43-16-7-24(37)32(25(38)8-16)33-29(27(14-42)45-3)19-9-17-18(10-20(19)34(33)46-4)28(26(13-41)44-2)30(21(17)12-40)31-22(35)5-15(11-39)6-23(31)36/h5-10H/b28-26+,29-27-. The maximum absolute atomic E-state index is 15.4. The molecule has 2 aliphatic rings. The van der Waals surface area contributed by atoms with Crippen LogP contribution in [0.3, 0.4) is 0 Å². The summed E-state index contributed by atoms with van der Waals surface area (Å²) in [5.74, 6) is -5.10. The molecule has 0 aromatic heterocycles. The first-order chi connectivity index (χ1) is 22.1. The minimum atomic E-state index is -1.28. The third-order valence-electron chi connectivity index (χ3n) is 7.17. The van der Waals surface area contributed by atoms with E-state index in [9.17, 15) is 15.8 Å². The molecule has 5 rings (SSSR count). The molecule has 0 spiro atoms. The van der Waals surface area contributed by atoms with Crippen molar-refractivity contribution in [1.82, 2.24) is 0 Å². The van der Waals surface area contributed by atoms with Crippen LogP contribution in [0.1, 0.15) is 38.9 Å². The number of hydrogen-bond donors (Lipinski definition) is 0. The van der Waals surface area contributed by atoms with Gasteiger partial charge >= 0.3 is 0 Å². The van der Waals surface area contributed by atoms with Gasteiger partial charge in [-0.3, -0.25) is 0 Å². The highest BCUT2D eigenvalue weighted by molar-refractivity contribution is 6.29. The zero-order chi connectivity index (χ0) is 33.4. The van der Waals surface area contributed by atoms with E-state index in [0.29, 0.717) is 24.3 Å². The summed E-state index contributed by atoms with van der Waals surface area (Å²) in [5, 5.41) is 39.0. The van der Waals surface area contributed by atoms with Crippen LogP contribution in [-0.4, -0.2) is 0 Å². The van der Waals surface area contributed by atoms with Gasteiger partial charge in [-0.1, -0.05) is 6.07 Å². The normalized spacial score (nSPS) is 14.7. The average molecular weight is 602 g/mol. The third kappa shape index (κ3) is 4.15. The van der Waals surface area contributed by atoms with Crippen LogP contribution in [0.25, 0.3) is 52.9 Å². The van der Waals surface area contributed by atoms with Gasteiger partial charge in [0.2, 0.25) is 5.70 Å². The summed E-state index contributed by atoms with van der Waals surface area (Å²) < 4.78 is 61.5. The lowest BCUT2D eigenvalue weighted by atomic mass is 9.91. The van der Waals surface area contributed by atoms with E-state index in [1.54, 1.807) is 18.2 Å². The second-order valence-corrected chi connectivity index (χ2v) is 9.36. The summed E-state index contributed by atoms with van der Waals surface area (Å²) >= 11 is 0. The molecule has 0 atom stereocenters. The molecule has 0 saturated carbocycles. The highest BCUT2D eigenvalue weighted by atomic mass is 19.1. The van der Waals surface area contributed by atoms with Gasteiger partial charge in [-0.05, 0) is 63.7 Å². The van der Waals surface area contributed by atoms with E-state index in [4.69, 9.17) is 31.6 Å². The Morgan fingerprint density at radius 2 is 1.04 bits per heavy atom. The molecule has 0 heterocycles. The molecule has 0 saturated heterocycles. The van der Waals surface area contributed by atoms with Crippen molar-refractivity contribution >= 4 is 39.2 Å². The topological polar surface area (TPSA) is 113 Å². The van der Waals surface area contributed by atoms with Gasteiger partial charge < -0.3 is 0 Å². The van der Waals surface area contributed by atoms with Crippen LogP contribution < -0.4 is 0 Å². The van der Waals surface area contributed by atoms with Gasteiger partial charge in [-0.2, -0.15) is 10.5 Å². The molecule has 2 aliphatic carbocycles. The summed E-state index contributed by atoms with van der Waals surface area (Å²) in [6.45, 7) is 30.2. The summed E-state index contributed by atoms with van der Waals surface area (Å²) in [6.07, 6.45) is 0. The molecule has 8 nitrogen and oxygen atoms in total. The SMILES string of the molecule is [C-]#[N+]C1=C(c2c(F)cc([N+]#[C-])cc2F)/C(=C(/C#N)[N+]#[C-])c2cc3c(cc21)/C(=C(/C#N)[N+]#[C-])C(c1c(F)cc(C#N)cc1F)=C3C#N. The molecule has 3 aromatic rings. The molecule has 0 amide bonds. The van der Waals surface area contributed by atoms with E-state index in [-0.39, 0.29) is 39.0 Å². The van der Waals surface area contributed by atoms with Crippen LogP contribution >= 0.6 is 0 Å². The second-order valence-electron chi connectivity index (χ2n) is 9.36. The van der Waals surface area contributed by atoms with E-state index in [2.05, 4.69) is 19.4 Å². The smallest absolute Gasteiger partial charge is 0.238 e. The minimum Gasteiger partial charge on any atom is -0.238 e. The van der Waals surface area contributed by atoms with Crippen molar-refractivity contribution in [1.29, 1.82) is 21.0 Å². The van der Waals surface area contributed by atoms with E-state index >= 15 is 17.6 Å². The lowest BCUT2D eigenvalue weighted by molar-refractivity contribution is 0.577. The Hall–Kier alpha value is -7.74. The Balaban J connectivity index is 1.97. The van der Waals surface area contributed by atoms with Crippen LogP contribution in [-0.2, 0) is 0 Å². The molecule has 0 unspecified atom stereocenters. The Morgan fingerprint density at radius 3 is 1.50 bits per heavy atom. The number of fused-ring (bicyclic) bond motifs is 2. The van der Waals surface area contributed by atoms with Crippen molar-refractivity contribution in [3.8, 4) is 24.3 Å². The van der Waals surface area contributed by atoms with Gasteiger partial charge in [-0.15, -0.1) is 0 Å². The maximum atomic E-state index is 15.4. The monoisotopic (exact) mass is 602 g/mol. The van der Waals surface area contributed by atoms with E-state index in [1.807, 2.05) is 6.07 Å². The lowest BCUT2D eigenvalue weighted by Crippen LogP contribution is -1.99. The minimum absolute atomic E-state index is 0.115. The highest BCUT2D eigenvalue weighted by Crippen LogP contribution is 2.56. The van der Waals surface area contributed by atoms with Gasteiger partial charge in [0.15, 0.2) is 5.69 Å². The zero-order valence-corrected chi connectivity index (χ0v) is 22.6. The van der Waals surface area contributed by atoms with Crippen LogP contribution in [0.15, 0.2) is 47.8 Å². The van der Waals surface area contributed by atoms with Crippen molar-refractivity contribution < 1.29 is 17.6 Å². The van der Waals surface area contributed by atoms with Crippen LogP contribution in [0.5, 0.6) is 0 Å². The molecule has 3 aromatic carbocycles. The van der Waals surface area contributed by atoms with E-state index < -0.39 is 73.9 Å². The van der Waals surface area contributed by atoms with E-state index in [0.717, 1.165) is 0 Å². The van der Waals surface area contributed by atoms with Gasteiger partial charge in [0.25, 0.3) is 11.4 Å². The first-order valence-corrected chi connectivity index (χ1v) is 12.4. The van der Waals surface area contributed by atoms with Gasteiger partial charge in [0.05, 0.1) is 61.2 Å². The van der Waals surface area contributed by atoms with Crippen molar-refractivity contribution in [3.05, 3.63) is 156 Å². The molecule has 0 aliphatic heterocycles. The number of halogens is 4. The fourth-order valence-corrected chi connectivity index (χ4v) is 5.43. The third-order valence-corrected chi connectivity index (χ3v) is 7.17. The summed E-state index contributed by atoms with van der Waals surface area (Å²) in [4.78, 5) is 12.8. The fraction of sp³-hybridized carbons (Fsp3) is 0. The van der Waals surface area contributed by atoms with Crippen molar-refractivity contribution in [2.45, 2.75) is 0 Å². The summed E-state index contributed by atoms with van der Waals surface area (Å²) in [5.41, 5.74) is -6.93. The Labute approximate surface area is 257 Å². The van der Waals surface area contributed by atoms with Crippen LogP contribution in [0, 0.1) is 94.9 Å². The number of rotatable bonds is 2. The fourth-order valence-electron chi connectivity index (χ4n) is 5.43. The Morgan fingerprint density at radius 1 is 0.565 bits per heavy atom. The number of allylic oxidation sites excluding steroid dienone is 7. The van der Waals surface area contributed by atoms with E-state index in [1.165, 1.54) is 12.1 Å². The van der Waals surface area contributed by atoms with Gasteiger partial charge in [0.1, 0.15) is 29.3 Å². The van der Waals surface area contributed by atoms with Crippen LogP contribution in [0.4, 0.5) is 23.2 Å². The second kappa shape index (κ2) is 11.2. The zero-order valence-electron chi connectivity index (χ0n) is 22.6. The Kier molecular flexibility index (Phi) is 7.21. The quantitative estimate of drug-likeness (QED) is 0.167.